The van der Waals surface area contributed by atoms with Gasteiger partial charge in [0.15, 0.2) is 5.13 Å². The van der Waals surface area contributed by atoms with Crippen molar-refractivity contribution in [2.45, 2.75) is 26.5 Å². The van der Waals surface area contributed by atoms with Gasteiger partial charge < -0.3 is 10.1 Å². The molecule has 1 heterocycles. The van der Waals surface area contributed by atoms with E-state index in [0.717, 1.165) is 20.9 Å². The monoisotopic (exact) mass is 326 g/mol. The van der Waals surface area contributed by atoms with E-state index in [2.05, 4.69) is 32.3 Å². The van der Waals surface area contributed by atoms with Gasteiger partial charge in [-0.25, -0.2) is 4.98 Å². The highest BCUT2D eigenvalue weighted by atomic mass is 79.9. The molecule has 0 radical (unpaired) electrons. The summed E-state index contributed by atoms with van der Waals surface area (Å²) in [6.07, 6.45) is 1.96. The maximum Gasteiger partial charge on any atom is 0.182 e. The van der Waals surface area contributed by atoms with Crippen molar-refractivity contribution in [1.82, 2.24) is 4.98 Å². The first kappa shape index (κ1) is 13.4. The molecule has 2 rings (SSSR count). The number of thiazole rings is 1. The van der Waals surface area contributed by atoms with Gasteiger partial charge in [0.1, 0.15) is 5.75 Å². The third-order valence-corrected chi connectivity index (χ3v) is 3.47. The highest BCUT2D eigenvalue weighted by Crippen LogP contribution is 2.25. The van der Waals surface area contributed by atoms with Crippen molar-refractivity contribution in [3.05, 3.63) is 39.8 Å². The Balaban J connectivity index is 2.11. The lowest BCUT2D eigenvalue weighted by atomic mass is 10.2. The molecule has 96 valence electrons. The van der Waals surface area contributed by atoms with Crippen LogP contribution in [-0.2, 0) is 6.54 Å². The van der Waals surface area contributed by atoms with Crippen molar-refractivity contribution in [3.8, 4) is 5.75 Å². The van der Waals surface area contributed by atoms with Gasteiger partial charge in [-0.05, 0) is 32.0 Å². The highest BCUT2D eigenvalue weighted by molar-refractivity contribution is 9.10. The van der Waals surface area contributed by atoms with E-state index in [4.69, 9.17) is 4.74 Å². The maximum absolute atomic E-state index is 5.79. The van der Waals surface area contributed by atoms with E-state index in [-0.39, 0.29) is 6.10 Å². The van der Waals surface area contributed by atoms with Crippen LogP contribution in [0.5, 0.6) is 5.75 Å². The van der Waals surface area contributed by atoms with Gasteiger partial charge in [-0.1, -0.05) is 15.9 Å². The normalized spacial score (nSPS) is 10.7. The zero-order valence-electron chi connectivity index (χ0n) is 10.3. The van der Waals surface area contributed by atoms with Gasteiger partial charge in [-0.3, -0.25) is 0 Å². The molecule has 1 aromatic heterocycles. The van der Waals surface area contributed by atoms with Crippen LogP contribution in [0.2, 0.25) is 0 Å². The number of aromatic nitrogens is 1. The van der Waals surface area contributed by atoms with Gasteiger partial charge in [0.05, 0.1) is 6.10 Å². The Labute approximate surface area is 119 Å². The molecule has 0 bridgehead atoms. The van der Waals surface area contributed by atoms with Crippen LogP contribution in [0.15, 0.2) is 34.2 Å². The van der Waals surface area contributed by atoms with Gasteiger partial charge in [0.25, 0.3) is 0 Å². The summed E-state index contributed by atoms with van der Waals surface area (Å²) in [4.78, 5) is 4.20. The number of anilines is 1. The minimum atomic E-state index is 0.171. The first-order chi connectivity index (χ1) is 8.65. The van der Waals surface area contributed by atoms with E-state index >= 15 is 0 Å². The number of halogens is 1. The average molecular weight is 327 g/mol. The second kappa shape index (κ2) is 6.20. The molecule has 1 aromatic carbocycles. The average Bonchev–Trinajstić information content (AvgIpc) is 2.82. The van der Waals surface area contributed by atoms with Crippen molar-refractivity contribution in [2.75, 3.05) is 5.32 Å². The molecule has 0 amide bonds. The summed E-state index contributed by atoms with van der Waals surface area (Å²) in [7, 11) is 0. The van der Waals surface area contributed by atoms with Crippen molar-refractivity contribution in [3.63, 3.8) is 0 Å². The second-order valence-electron chi connectivity index (χ2n) is 4.11. The number of benzene rings is 1. The molecule has 18 heavy (non-hydrogen) atoms. The smallest absolute Gasteiger partial charge is 0.182 e. The van der Waals surface area contributed by atoms with Gasteiger partial charge in [-0.2, -0.15) is 0 Å². The van der Waals surface area contributed by atoms with E-state index in [1.54, 1.807) is 17.5 Å². The Kier molecular flexibility index (Phi) is 4.60. The van der Waals surface area contributed by atoms with E-state index in [1.807, 2.05) is 31.4 Å². The lowest BCUT2D eigenvalue weighted by Crippen LogP contribution is -2.09. The molecule has 3 nitrogen and oxygen atoms in total. The van der Waals surface area contributed by atoms with Gasteiger partial charge >= 0.3 is 0 Å². The van der Waals surface area contributed by atoms with Crippen LogP contribution < -0.4 is 10.1 Å². The fourth-order valence-electron chi connectivity index (χ4n) is 1.54. The topological polar surface area (TPSA) is 34.1 Å². The van der Waals surface area contributed by atoms with E-state index in [1.165, 1.54) is 0 Å². The maximum atomic E-state index is 5.79. The summed E-state index contributed by atoms with van der Waals surface area (Å²) in [6, 6.07) is 6.05. The molecule has 0 aliphatic carbocycles. The van der Waals surface area contributed by atoms with Crippen LogP contribution in [0.1, 0.15) is 19.4 Å². The van der Waals surface area contributed by atoms with Crippen LogP contribution in [-0.4, -0.2) is 11.1 Å². The minimum Gasteiger partial charge on any atom is -0.491 e. The summed E-state index contributed by atoms with van der Waals surface area (Å²) >= 11 is 5.08. The summed E-state index contributed by atoms with van der Waals surface area (Å²) in [6.45, 7) is 4.76. The fraction of sp³-hybridized carbons (Fsp3) is 0.308. The molecule has 5 heteroatoms. The summed E-state index contributed by atoms with van der Waals surface area (Å²) < 4.78 is 6.84. The molecule has 0 aliphatic heterocycles. The summed E-state index contributed by atoms with van der Waals surface area (Å²) in [5.74, 6) is 0.914. The third kappa shape index (κ3) is 3.71. The van der Waals surface area contributed by atoms with Crippen LogP contribution in [0.25, 0.3) is 0 Å². The number of rotatable bonds is 5. The Morgan fingerprint density at radius 1 is 1.44 bits per heavy atom. The predicted molar refractivity (Wildman–Crippen MR) is 79.3 cm³/mol. The standard InChI is InChI=1S/C13H15BrN2OS/c1-9(2)17-12-4-3-11(14)7-10(12)8-16-13-15-5-6-18-13/h3-7,9H,8H2,1-2H3,(H,15,16). The number of nitrogens with one attached hydrogen (secondary N) is 1. The van der Waals surface area contributed by atoms with Crippen LogP contribution in [0.3, 0.4) is 0 Å². The quantitative estimate of drug-likeness (QED) is 0.889. The number of nitrogens with zero attached hydrogens (tertiary/aromatic N) is 1. The fourth-order valence-corrected chi connectivity index (χ4v) is 2.47. The minimum absolute atomic E-state index is 0.171. The molecular weight excluding hydrogens is 312 g/mol. The highest BCUT2D eigenvalue weighted by Gasteiger charge is 2.07. The SMILES string of the molecule is CC(C)Oc1ccc(Br)cc1CNc1nccs1. The lowest BCUT2D eigenvalue weighted by Gasteiger charge is -2.15. The van der Waals surface area contributed by atoms with Crippen molar-refractivity contribution >= 4 is 32.4 Å². The lowest BCUT2D eigenvalue weighted by molar-refractivity contribution is 0.240. The van der Waals surface area contributed by atoms with Gasteiger partial charge in [-0.15, -0.1) is 11.3 Å². The molecule has 0 saturated carbocycles. The van der Waals surface area contributed by atoms with Gasteiger partial charge in [0.2, 0.25) is 0 Å². The molecule has 0 fully saturated rings. The number of hydrogen-bond acceptors (Lipinski definition) is 4. The zero-order chi connectivity index (χ0) is 13.0. The van der Waals surface area contributed by atoms with E-state index < -0.39 is 0 Å². The Bertz CT molecular complexity index is 500. The molecule has 0 atom stereocenters. The van der Waals surface area contributed by atoms with Crippen molar-refractivity contribution < 1.29 is 4.74 Å². The van der Waals surface area contributed by atoms with E-state index in [0.29, 0.717) is 6.54 Å². The summed E-state index contributed by atoms with van der Waals surface area (Å²) in [5.41, 5.74) is 1.12. The second-order valence-corrected chi connectivity index (χ2v) is 5.92. The van der Waals surface area contributed by atoms with Crippen LogP contribution in [0.4, 0.5) is 5.13 Å². The molecule has 0 unspecified atom stereocenters. The van der Waals surface area contributed by atoms with Gasteiger partial charge in [0, 0.05) is 28.2 Å². The van der Waals surface area contributed by atoms with E-state index in [9.17, 15) is 0 Å². The van der Waals surface area contributed by atoms with Crippen molar-refractivity contribution in [1.29, 1.82) is 0 Å². The number of hydrogen-bond donors (Lipinski definition) is 1. The first-order valence-corrected chi connectivity index (χ1v) is 7.41. The molecule has 1 N–H and O–H groups in total. The van der Waals surface area contributed by atoms with Crippen LogP contribution in [0, 0.1) is 0 Å². The molecule has 0 saturated heterocycles. The molecule has 0 aliphatic rings. The Hall–Kier alpha value is -1.07. The molecule has 2 aromatic rings. The number of ether oxygens (including phenoxy) is 1. The Morgan fingerprint density at radius 3 is 2.94 bits per heavy atom. The summed E-state index contributed by atoms with van der Waals surface area (Å²) in [5, 5.41) is 6.16. The largest absolute Gasteiger partial charge is 0.491 e. The first-order valence-electron chi connectivity index (χ1n) is 5.73. The molecule has 0 spiro atoms. The van der Waals surface area contributed by atoms with Crippen molar-refractivity contribution in [2.24, 2.45) is 0 Å². The predicted octanol–water partition coefficient (Wildman–Crippen LogP) is 4.30. The molecular formula is C13H15BrN2OS. The van der Waals surface area contributed by atoms with Crippen LogP contribution >= 0.6 is 27.3 Å². The Morgan fingerprint density at radius 2 is 2.28 bits per heavy atom. The zero-order valence-corrected chi connectivity index (χ0v) is 12.7. The third-order valence-electron chi connectivity index (χ3n) is 2.25.